The minimum atomic E-state index is -0.589. The van der Waals surface area contributed by atoms with Crippen LogP contribution in [0.5, 0.6) is 0 Å². The lowest BCUT2D eigenvalue weighted by Crippen LogP contribution is -2.59. The van der Waals surface area contributed by atoms with Gasteiger partial charge in [0.25, 0.3) is 0 Å². The van der Waals surface area contributed by atoms with Crippen molar-refractivity contribution in [3.05, 3.63) is 0 Å². The van der Waals surface area contributed by atoms with Crippen molar-refractivity contribution in [2.45, 2.75) is 64.5 Å². The Kier molecular flexibility index (Phi) is 5.44. The van der Waals surface area contributed by atoms with E-state index in [1.165, 1.54) is 12.8 Å². The van der Waals surface area contributed by atoms with Gasteiger partial charge < -0.3 is 9.47 Å². The summed E-state index contributed by atoms with van der Waals surface area (Å²) in [6.07, 6.45) is 5.57. The molecule has 1 unspecified atom stereocenters. The van der Waals surface area contributed by atoms with Gasteiger partial charge in [-0.15, -0.1) is 0 Å². The normalized spacial score (nSPS) is 21.8. The van der Waals surface area contributed by atoms with Gasteiger partial charge in [0, 0.05) is 12.6 Å². The van der Waals surface area contributed by atoms with E-state index in [9.17, 15) is 4.79 Å². The van der Waals surface area contributed by atoms with Crippen molar-refractivity contribution in [3.8, 4) is 0 Å². The number of rotatable bonds is 10. The summed E-state index contributed by atoms with van der Waals surface area (Å²) in [6, 6.07) is 0.480. The fourth-order valence-electron chi connectivity index (χ4n) is 2.54. The average molecular weight is 283 g/mol. The molecule has 0 radical (unpaired) electrons. The van der Waals surface area contributed by atoms with Gasteiger partial charge in [0.2, 0.25) is 0 Å². The van der Waals surface area contributed by atoms with Crippen molar-refractivity contribution in [1.82, 2.24) is 5.32 Å². The number of hydrogen-bond acceptors (Lipinski definition) is 4. The molecular weight excluding hydrogens is 254 g/mol. The summed E-state index contributed by atoms with van der Waals surface area (Å²) in [6.45, 7) is 7.85. The number of esters is 1. The van der Waals surface area contributed by atoms with Crippen molar-refractivity contribution in [1.29, 1.82) is 0 Å². The fourth-order valence-corrected chi connectivity index (χ4v) is 2.54. The molecule has 2 fully saturated rings. The molecule has 0 spiro atoms. The molecule has 0 heterocycles. The molecule has 20 heavy (non-hydrogen) atoms. The SMILES string of the molecule is CCOC(=O)C(COCCC(C)C)(NC1CC1)C1CC1. The first kappa shape index (κ1) is 15.8. The van der Waals surface area contributed by atoms with Gasteiger partial charge in [0.05, 0.1) is 13.2 Å². The van der Waals surface area contributed by atoms with E-state index in [1.807, 2.05) is 6.92 Å². The fraction of sp³-hybridized carbons (Fsp3) is 0.938. The molecule has 4 nitrogen and oxygen atoms in total. The molecule has 0 aromatic carbocycles. The number of carbonyl (C=O) groups excluding carboxylic acids is 1. The van der Waals surface area contributed by atoms with E-state index in [1.54, 1.807) is 0 Å². The Morgan fingerprint density at radius 3 is 2.50 bits per heavy atom. The average Bonchev–Trinajstić information content (AvgIpc) is 3.26. The summed E-state index contributed by atoms with van der Waals surface area (Å²) >= 11 is 0. The first-order chi connectivity index (χ1) is 9.58. The lowest BCUT2D eigenvalue weighted by molar-refractivity contribution is -0.156. The second-order valence-electron chi connectivity index (χ2n) is 6.62. The summed E-state index contributed by atoms with van der Waals surface area (Å²) in [5.74, 6) is 0.907. The molecule has 1 N–H and O–H groups in total. The van der Waals surface area contributed by atoms with Gasteiger partial charge >= 0.3 is 5.97 Å². The van der Waals surface area contributed by atoms with Crippen LogP contribution in [0.4, 0.5) is 0 Å². The molecule has 0 saturated heterocycles. The van der Waals surface area contributed by atoms with Gasteiger partial charge in [-0.2, -0.15) is 0 Å². The predicted octanol–water partition coefficient (Wildman–Crippen LogP) is 2.51. The van der Waals surface area contributed by atoms with Crippen LogP contribution < -0.4 is 5.32 Å². The maximum Gasteiger partial charge on any atom is 0.329 e. The Balaban J connectivity index is 1.95. The van der Waals surface area contributed by atoms with Crippen LogP contribution in [0.3, 0.4) is 0 Å². The van der Waals surface area contributed by atoms with Crippen LogP contribution in [0.1, 0.15) is 52.9 Å². The lowest BCUT2D eigenvalue weighted by Gasteiger charge is -2.32. The van der Waals surface area contributed by atoms with Crippen LogP contribution in [-0.4, -0.2) is 37.4 Å². The molecule has 4 heteroatoms. The van der Waals surface area contributed by atoms with Crippen LogP contribution in [0.25, 0.3) is 0 Å². The van der Waals surface area contributed by atoms with Gasteiger partial charge in [0.1, 0.15) is 5.54 Å². The maximum atomic E-state index is 12.5. The van der Waals surface area contributed by atoms with E-state index < -0.39 is 5.54 Å². The number of nitrogens with one attached hydrogen (secondary N) is 1. The van der Waals surface area contributed by atoms with Gasteiger partial charge in [0.15, 0.2) is 0 Å². The van der Waals surface area contributed by atoms with E-state index in [0.717, 1.165) is 25.9 Å². The molecule has 116 valence electrons. The summed E-state index contributed by atoms with van der Waals surface area (Å²) in [5.41, 5.74) is -0.589. The van der Waals surface area contributed by atoms with Crippen molar-refractivity contribution >= 4 is 5.97 Å². The van der Waals surface area contributed by atoms with E-state index in [-0.39, 0.29) is 5.97 Å². The second-order valence-corrected chi connectivity index (χ2v) is 6.62. The second kappa shape index (κ2) is 6.90. The third kappa shape index (κ3) is 4.19. The molecule has 2 aliphatic carbocycles. The third-order valence-electron chi connectivity index (χ3n) is 4.12. The number of hydrogen-bond donors (Lipinski definition) is 1. The largest absolute Gasteiger partial charge is 0.465 e. The smallest absolute Gasteiger partial charge is 0.329 e. The van der Waals surface area contributed by atoms with Gasteiger partial charge in [-0.25, -0.2) is 4.79 Å². The van der Waals surface area contributed by atoms with Crippen LogP contribution in [0.15, 0.2) is 0 Å². The Labute approximate surface area is 122 Å². The molecular formula is C16H29NO3. The van der Waals surface area contributed by atoms with Crippen LogP contribution in [0.2, 0.25) is 0 Å². The molecule has 0 aromatic heterocycles. The van der Waals surface area contributed by atoms with E-state index in [0.29, 0.717) is 31.1 Å². The Morgan fingerprint density at radius 2 is 2.00 bits per heavy atom. The lowest BCUT2D eigenvalue weighted by atomic mass is 9.93. The summed E-state index contributed by atoms with van der Waals surface area (Å²) < 4.78 is 11.2. The zero-order chi connectivity index (χ0) is 14.6. The molecule has 0 amide bonds. The first-order valence-electron chi connectivity index (χ1n) is 8.11. The molecule has 1 atom stereocenters. The number of carbonyl (C=O) groups is 1. The number of ether oxygens (including phenoxy) is 2. The molecule has 0 bridgehead atoms. The quantitative estimate of drug-likeness (QED) is 0.494. The minimum absolute atomic E-state index is 0.112. The first-order valence-corrected chi connectivity index (χ1v) is 8.11. The van der Waals surface area contributed by atoms with E-state index >= 15 is 0 Å². The Bertz CT molecular complexity index is 324. The zero-order valence-electron chi connectivity index (χ0n) is 13.1. The van der Waals surface area contributed by atoms with Gasteiger partial charge in [-0.05, 0) is 50.9 Å². The third-order valence-corrected chi connectivity index (χ3v) is 4.12. The molecule has 2 aliphatic rings. The van der Waals surface area contributed by atoms with E-state index in [2.05, 4.69) is 19.2 Å². The summed E-state index contributed by atoms with van der Waals surface area (Å²) in [7, 11) is 0. The highest BCUT2D eigenvalue weighted by Crippen LogP contribution is 2.42. The zero-order valence-corrected chi connectivity index (χ0v) is 13.1. The molecule has 0 aliphatic heterocycles. The minimum Gasteiger partial charge on any atom is -0.465 e. The Morgan fingerprint density at radius 1 is 1.30 bits per heavy atom. The van der Waals surface area contributed by atoms with Gasteiger partial charge in [-0.1, -0.05) is 13.8 Å². The Hall–Kier alpha value is -0.610. The standard InChI is InChI=1S/C16H29NO3/c1-4-20-15(18)16(13-5-6-13,17-14-7-8-14)11-19-10-9-12(2)3/h12-14,17H,4-11H2,1-3H3. The molecule has 0 aromatic rings. The van der Waals surface area contributed by atoms with Crippen LogP contribution in [-0.2, 0) is 14.3 Å². The van der Waals surface area contributed by atoms with Gasteiger partial charge in [-0.3, -0.25) is 5.32 Å². The predicted molar refractivity (Wildman–Crippen MR) is 78.5 cm³/mol. The highest BCUT2D eigenvalue weighted by molar-refractivity contribution is 5.82. The van der Waals surface area contributed by atoms with Crippen LogP contribution in [0, 0.1) is 11.8 Å². The molecule has 2 saturated carbocycles. The molecule has 2 rings (SSSR count). The van der Waals surface area contributed by atoms with Crippen molar-refractivity contribution in [2.75, 3.05) is 19.8 Å². The summed E-state index contributed by atoms with van der Waals surface area (Å²) in [5, 5.41) is 3.54. The maximum absolute atomic E-state index is 12.5. The van der Waals surface area contributed by atoms with Crippen molar-refractivity contribution in [3.63, 3.8) is 0 Å². The monoisotopic (exact) mass is 283 g/mol. The van der Waals surface area contributed by atoms with Crippen LogP contribution >= 0.6 is 0 Å². The van der Waals surface area contributed by atoms with Crippen molar-refractivity contribution < 1.29 is 14.3 Å². The summed E-state index contributed by atoms with van der Waals surface area (Å²) in [4.78, 5) is 12.5. The van der Waals surface area contributed by atoms with Crippen molar-refractivity contribution in [2.24, 2.45) is 11.8 Å². The highest BCUT2D eigenvalue weighted by Gasteiger charge is 2.54. The highest BCUT2D eigenvalue weighted by atomic mass is 16.5. The topological polar surface area (TPSA) is 47.6 Å². The van der Waals surface area contributed by atoms with E-state index in [4.69, 9.17) is 9.47 Å².